The Morgan fingerprint density at radius 3 is 2.81 bits per heavy atom. The van der Waals surface area contributed by atoms with Gasteiger partial charge in [0.05, 0.1) is 17.1 Å². The van der Waals surface area contributed by atoms with Crippen LogP contribution in [0.2, 0.25) is 0 Å². The van der Waals surface area contributed by atoms with E-state index in [2.05, 4.69) is 34.1 Å². The minimum Gasteiger partial charge on any atom is -0.354 e. The Morgan fingerprint density at radius 2 is 1.96 bits per heavy atom. The van der Waals surface area contributed by atoms with E-state index in [1.807, 2.05) is 29.2 Å². The Morgan fingerprint density at radius 1 is 1.12 bits per heavy atom. The van der Waals surface area contributed by atoms with Crippen molar-refractivity contribution in [2.75, 3.05) is 6.54 Å². The van der Waals surface area contributed by atoms with Gasteiger partial charge in [0, 0.05) is 31.9 Å². The molecule has 3 aromatic rings. The molecule has 4 rings (SSSR count). The van der Waals surface area contributed by atoms with Gasteiger partial charge in [0.25, 0.3) is 0 Å². The number of hydrogen-bond donors (Lipinski definition) is 1. The number of fused-ring (bicyclic) bond motifs is 1. The highest BCUT2D eigenvalue weighted by molar-refractivity contribution is 5.78. The summed E-state index contributed by atoms with van der Waals surface area (Å²) < 4.78 is 2.19. The molecule has 5 heteroatoms. The van der Waals surface area contributed by atoms with Crippen LogP contribution in [0, 0.1) is 0 Å². The van der Waals surface area contributed by atoms with E-state index >= 15 is 0 Å². The van der Waals surface area contributed by atoms with E-state index in [1.54, 1.807) is 0 Å². The topological polar surface area (TPSA) is 53.9 Å². The number of likely N-dealkylation sites (tertiary alicyclic amines) is 1. The number of aromatic nitrogens is 3. The summed E-state index contributed by atoms with van der Waals surface area (Å²) in [7, 11) is 0. The molecule has 1 N–H and O–H groups in total. The fraction of sp³-hybridized carbons (Fsp3) is 0.429. The van der Waals surface area contributed by atoms with E-state index in [9.17, 15) is 4.79 Å². The van der Waals surface area contributed by atoms with Gasteiger partial charge in [-0.1, -0.05) is 18.6 Å². The molecule has 0 radical (unpaired) electrons. The van der Waals surface area contributed by atoms with Crippen LogP contribution in [0.3, 0.4) is 0 Å². The molecule has 1 aromatic carbocycles. The second-order valence-corrected chi connectivity index (χ2v) is 7.12. The van der Waals surface area contributed by atoms with Gasteiger partial charge < -0.3 is 14.5 Å². The van der Waals surface area contributed by atoms with Crippen molar-refractivity contribution in [3.8, 4) is 0 Å². The van der Waals surface area contributed by atoms with Gasteiger partial charge in [-0.3, -0.25) is 4.79 Å². The third kappa shape index (κ3) is 3.66. The number of aromatic amines is 1. The molecule has 0 spiro atoms. The Balaban J connectivity index is 1.30. The zero-order valence-corrected chi connectivity index (χ0v) is 15.1. The molecule has 2 aromatic heterocycles. The van der Waals surface area contributed by atoms with Crippen LogP contribution in [0.4, 0.5) is 0 Å². The maximum atomic E-state index is 12.7. The quantitative estimate of drug-likeness (QED) is 0.646. The van der Waals surface area contributed by atoms with Crippen LogP contribution in [0.5, 0.6) is 0 Å². The zero-order chi connectivity index (χ0) is 17.8. The molecule has 0 bridgehead atoms. The standard InChI is InChI=1S/C21H26N4O/c26-20(12-2-1-5-13-24-14-6-7-15-24)25-16-8-11-19(25)21-22-17-9-3-4-10-18(17)23-21/h3-4,6-7,9-10,14-15,19H,1-2,5,8,11-13,16H2,(H,22,23)/t19-/m0/s1. The Labute approximate surface area is 154 Å². The van der Waals surface area contributed by atoms with Gasteiger partial charge in [-0.25, -0.2) is 4.98 Å². The van der Waals surface area contributed by atoms with E-state index < -0.39 is 0 Å². The first kappa shape index (κ1) is 16.9. The van der Waals surface area contributed by atoms with Crippen molar-refractivity contribution >= 4 is 16.9 Å². The van der Waals surface area contributed by atoms with Crippen LogP contribution in [-0.4, -0.2) is 31.9 Å². The number of carbonyl (C=O) groups excluding carboxylic acids is 1. The zero-order valence-electron chi connectivity index (χ0n) is 15.1. The number of rotatable bonds is 7. The molecule has 0 unspecified atom stereocenters. The first-order valence-corrected chi connectivity index (χ1v) is 9.66. The van der Waals surface area contributed by atoms with Crippen molar-refractivity contribution in [1.29, 1.82) is 0 Å². The normalized spacial score (nSPS) is 17.2. The molecular formula is C21H26N4O. The maximum absolute atomic E-state index is 12.7. The van der Waals surface area contributed by atoms with Crippen LogP contribution >= 0.6 is 0 Å². The monoisotopic (exact) mass is 350 g/mol. The number of nitrogens with zero attached hydrogens (tertiary/aromatic N) is 3. The number of para-hydroxylation sites is 2. The second kappa shape index (κ2) is 7.77. The van der Waals surface area contributed by atoms with Gasteiger partial charge in [-0.15, -0.1) is 0 Å². The molecule has 0 aliphatic carbocycles. The Bertz CT molecular complexity index is 819. The molecule has 0 saturated carbocycles. The van der Waals surface area contributed by atoms with Gasteiger partial charge in [-0.2, -0.15) is 0 Å². The van der Waals surface area contributed by atoms with Crippen molar-refractivity contribution in [3.05, 3.63) is 54.6 Å². The van der Waals surface area contributed by atoms with E-state index in [0.717, 1.165) is 62.1 Å². The number of imidazole rings is 1. The van der Waals surface area contributed by atoms with Gasteiger partial charge >= 0.3 is 0 Å². The first-order valence-electron chi connectivity index (χ1n) is 9.66. The lowest BCUT2D eigenvalue weighted by Gasteiger charge is -2.23. The number of H-pyrrole nitrogens is 1. The van der Waals surface area contributed by atoms with Crippen molar-refractivity contribution < 1.29 is 4.79 Å². The van der Waals surface area contributed by atoms with Gasteiger partial charge in [0.2, 0.25) is 5.91 Å². The predicted molar refractivity (Wildman–Crippen MR) is 103 cm³/mol. The molecule has 1 atom stereocenters. The number of carbonyl (C=O) groups is 1. The number of unbranched alkanes of at least 4 members (excludes halogenated alkanes) is 2. The summed E-state index contributed by atoms with van der Waals surface area (Å²) in [5.41, 5.74) is 2.03. The summed E-state index contributed by atoms with van der Waals surface area (Å²) in [6.07, 6.45) is 10.1. The lowest BCUT2D eigenvalue weighted by Crippen LogP contribution is -2.30. The van der Waals surface area contributed by atoms with E-state index in [4.69, 9.17) is 4.98 Å². The highest BCUT2D eigenvalue weighted by Crippen LogP contribution is 2.32. The Hall–Kier alpha value is -2.56. The van der Waals surface area contributed by atoms with Crippen LogP contribution in [-0.2, 0) is 11.3 Å². The summed E-state index contributed by atoms with van der Waals surface area (Å²) >= 11 is 0. The van der Waals surface area contributed by atoms with E-state index in [0.29, 0.717) is 6.42 Å². The van der Waals surface area contributed by atoms with E-state index in [-0.39, 0.29) is 11.9 Å². The van der Waals surface area contributed by atoms with Gasteiger partial charge in [-0.05, 0) is 49.9 Å². The average molecular weight is 350 g/mol. The summed E-state index contributed by atoms with van der Waals surface area (Å²) in [6, 6.07) is 12.3. The average Bonchev–Trinajstić information content (AvgIpc) is 3.39. The van der Waals surface area contributed by atoms with Crippen molar-refractivity contribution in [2.45, 2.75) is 51.1 Å². The molecule has 1 aliphatic rings. The molecule has 3 heterocycles. The smallest absolute Gasteiger partial charge is 0.223 e. The number of amides is 1. The number of benzene rings is 1. The predicted octanol–water partition coefficient (Wildman–Crippen LogP) is 4.29. The highest BCUT2D eigenvalue weighted by atomic mass is 16.2. The molecule has 136 valence electrons. The van der Waals surface area contributed by atoms with Crippen LogP contribution < -0.4 is 0 Å². The van der Waals surface area contributed by atoms with Crippen LogP contribution in [0.15, 0.2) is 48.8 Å². The van der Waals surface area contributed by atoms with Crippen molar-refractivity contribution in [1.82, 2.24) is 19.4 Å². The third-order valence-corrected chi connectivity index (χ3v) is 5.27. The molecule has 1 amide bonds. The van der Waals surface area contributed by atoms with Crippen molar-refractivity contribution in [2.24, 2.45) is 0 Å². The minimum absolute atomic E-state index is 0.106. The molecule has 1 aliphatic heterocycles. The number of hydrogen-bond acceptors (Lipinski definition) is 2. The third-order valence-electron chi connectivity index (χ3n) is 5.27. The van der Waals surface area contributed by atoms with E-state index in [1.165, 1.54) is 0 Å². The molecular weight excluding hydrogens is 324 g/mol. The summed E-state index contributed by atoms with van der Waals surface area (Å²) in [4.78, 5) is 22.9. The fourth-order valence-corrected chi connectivity index (χ4v) is 3.89. The summed E-state index contributed by atoms with van der Waals surface area (Å²) in [5.74, 6) is 1.21. The number of aryl methyl sites for hydroxylation is 1. The fourth-order valence-electron chi connectivity index (χ4n) is 3.89. The maximum Gasteiger partial charge on any atom is 0.223 e. The summed E-state index contributed by atoms with van der Waals surface area (Å²) in [5, 5.41) is 0. The highest BCUT2D eigenvalue weighted by Gasteiger charge is 2.31. The summed E-state index contributed by atoms with van der Waals surface area (Å²) in [6.45, 7) is 1.89. The molecule has 5 nitrogen and oxygen atoms in total. The molecule has 1 saturated heterocycles. The van der Waals surface area contributed by atoms with Crippen LogP contribution in [0.25, 0.3) is 11.0 Å². The van der Waals surface area contributed by atoms with Gasteiger partial charge in [0.1, 0.15) is 5.82 Å². The first-order chi connectivity index (χ1) is 12.8. The molecule has 26 heavy (non-hydrogen) atoms. The molecule has 1 fully saturated rings. The minimum atomic E-state index is 0.106. The Kier molecular flexibility index (Phi) is 5.04. The van der Waals surface area contributed by atoms with Gasteiger partial charge in [0.15, 0.2) is 0 Å². The number of nitrogens with one attached hydrogen (secondary N) is 1. The lowest BCUT2D eigenvalue weighted by molar-refractivity contribution is -0.132. The lowest BCUT2D eigenvalue weighted by atomic mass is 10.1. The van der Waals surface area contributed by atoms with Crippen molar-refractivity contribution in [3.63, 3.8) is 0 Å². The largest absolute Gasteiger partial charge is 0.354 e. The van der Waals surface area contributed by atoms with Crippen LogP contribution in [0.1, 0.15) is 50.4 Å². The second-order valence-electron chi connectivity index (χ2n) is 7.12. The SMILES string of the molecule is O=C(CCCCCn1cccc1)N1CCC[C@H]1c1nc2ccccc2[nH]1.